The van der Waals surface area contributed by atoms with Crippen LogP contribution in [0.2, 0.25) is 0 Å². The molecule has 0 radical (unpaired) electrons. The average molecular weight is 179 g/mol. The number of hydrogen-bond acceptors (Lipinski definition) is 4. The minimum atomic E-state index is -0.214. The second kappa shape index (κ2) is 3.30. The van der Waals surface area contributed by atoms with Gasteiger partial charge in [0.2, 0.25) is 5.95 Å². The first kappa shape index (κ1) is 8.44. The van der Waals surface area contributed by atoms with E-state index in [9.17, 15) is 5.11 Å². The smallest absolute Gasteiger partial charge is 0.225 e. The van der Waals surface area contributed by atoms with Crippen LogP contribution in [0.4, 0.5) is 5.95 Å². The molecule has 1 saturated carbocycles. The zero-order valence-electron chi connectivity index (χ0n) is 7.59. The molecule has 0 bridgehead atoms. The molecular formula is C9H13N3O. The molecule has 4 heteroatoms. The zero-order valence-corrected chi connectivity index (χ0v) is 7.59. The molecule has 0 amide bonds. The highest BCUT2D eigenvalue weighted by atomic mass is 16.3. The molecule has 2 atom stereocenters. The summed E-state index contributed by atoms with van der Waals surface area (Å²) in [6, 6.07) is 1.98. The van der Waals surface area contributed by atoms with Gasteiger partial charge in [-0.05, 0) is 18.9 Å². The third-order valence-corrected chi connectivity index (χ3v) is 2.57. The summed E-state index contributed by atoms with van der Waals surface area (Å²) < 4.78 is 0. The Hall–Kier alpha value is -1.16. The van der Waals surface area contributed by atoms with Crippen LogP contribution >= 0.6 is 0 Å². The Labute approximate surface area is 77.2 Å². The van der Waals surface area contributed by atoms with Gasteiger partial charge in [0.25, 0.3) is 0 Å². The molecule has 1 aromatic heterocycles. The van der Waals surface area contributed by atoms with Gasteiger partial charge < -0.3 is 10.0 Å². The monoisotopic (exact) mass is 179 g/mol. The third-order valence-electron chi connectivity index (χ3n) is 2.57. The van der Waals surface area contributed by atoms with E-state index < -0.39 is 0 Å². The van der Waals surface area contributed by atoms with E-state index in [0.29, 0.717) is 5.95 Å². The lowest BCUT2D eigenvalue weighted by atomic mass is 9.88. The third kappa shape index (κ3) is 1.49. The molecule has 1 N–H and O–H groups in total. The summed E-state index contributed by atoms with van der Waals surface area (Å²) in [5.41, 5.74) is 0. The molecule has 13 heavy (non-hydrogen) atoms. The molecule has 0 spiro atoms. The van der Waals surface area contributed by atoms with Gasteiger partial charge in [-0.15, -0.1) is 0 Å². The van der Waals surface area contributed by atoms with Crippen LogP contribution < -0.4 is 4.90 Å². The first-order valence-corrected chi connectivity index (χ1v) is 4.47. The quantitative estimate of drug-likeness (QED) is 0.715. The van der Waals surface area contributed by atoms with E-state index in [1.54, 1.807) is 18.5 Å². The predicted molar refractivity (Wildman–Crippen MR) is 49.5 cm³/mol. The highest BCUT2D eigenvalue weighted by Crippen LogP contribution is 2.26. The molecule has 1 aliphatic carbocycles. The van der Waals surface area contributed by atoms with Crippen molar-refractivity contribution in [2.45, 2.75) is 25.0 Å². The summed E-state index contributed by atoms with van der Waals surface area (Å²) in [5.74, 6) is 0.686. The van der Waals surface area contributed by atoms with Crippen LogP contribution in [0.3, 0.4) is 0 Å². The molecule has 4 nitrogen and oxygen atoms in total. The molecule has 0 saturated heterocycles. The van der Waals surface area contributed by atoms with E-state index in [0.717, 1.165) is 12.8 Å². The van der Waals surface area contributed by atoms with Gasteiger partial charge in [-0.2, -0.15) is 0 Å². The maximum absolute atomic E-state index is 9.44. The van der Waals surface area contributed by atoms with Crippen molar-refractivity contribution in [1.29, 1.82) is 0 Å². The topological polar surface area (TPSA) is 49.2 Å². The van der Waals surface area contributed by atoms with Gasteiger partial charge in [-0.25, -0.2) is 9.97 Å². The number of likely N-dealkylation sites (N-methyl/N-ethyl adjacent to an activating group) is 1. The van der Waals surface area contributed by atoms with Gasteiger partial charge in [-0.3, -0.25) is 0 Å². The van der Waals surface area contributed by atoms with Crippen LogP contribution in [0, 0.1) is 0 Å². The van der Waals surface area contributed by atoms with Crippen LogP contribution in [0.5, 0.6) is 0 Å². The van der Waals surface area contributed by atoms with Crippen molar-refractivity contribution in [3.05, 3.63) is 18.5 Å². The summed E-state index contributed by atoms with van der Waals surface area (Å²) in [5, 5.41) is 9.44. The Morgan fingerprint density at radius 1 is 1.38 bits per heavy atom. The fourth-order valence-electron chi connectivity index (χ4n) is 1.54. The minimum absolute atomic E-state index is 0.197. The van der Waals surface area contributed by atoms with E-state index in [2.05, 4.69) is 9.97 Å². The van der Waals surface area contributed by atoms with Crippen LogP contribution in [0.1, 0.15) is 12.8 Å². The number of aliphatic hydroxyl groups is 1. The van der Waals surface area contributed by atoms with Crippen molar-refractivity contribution in [3.8, 4) is 0 Å². The summed E-state index contributed by atoms with van der Waals surface area (Å²) in [4.78, 5) is 10.2. The standard InChI is InChI=1S/C9H13N3O/c1-12(7-3-4-8(7)13)9-10-5-2-6-11-9/h2,5-8,13H,3-4H2,1H3. The Kier molecular flexibility index (Phi) is 2.14. The lowest BCUT2D eigenvalue weighted by molar-refractivity contribution is 0.0662. The fraction of sp³-hybridized carbons (Fsp3) is 0.556. The summed E-state index contributed by atoms with van der Waals surface area (Å²) in [6.07, 6.45) is 5.12. The van der Waals surface area contributed by atoms with Crippen molar-refractivity contribution in [2.24, 2.45) is 0 Å². The van der Waals surface area contributed by atoms with Gasteiger partial charge in [-0.1, -0.05) is 0 Å². The van der Waals surface area contributed by atoms with Crippen molar-refractivity contribution in [3.63, 3.8) is 0 Å². The molecule has 0 aromatic carbocycles. The fourth-order valence-corrected chi connectivity index (χ4v) is 1.54. The highest BCUT2D eigenvalue weighted by Gasteiger charge is 2.33. The maximum atomic E-state index is 9.44. The number of hydrogen-bond donors (Lipinski definition) is 1. The first-order chi connectivity index (χ1) is 6.29. The lowest BCUT2D eigenvalue weighted by Gasteiger charge is -2.39. The van der Waals surface area contributed by atoms with E-state index in [-0.39, 0.29) is 12.1 Å². The minimum Gasteiger partial charge on any atom is -0.391 e. The molecule has 0 aliphatic heterocycles. The zero-order chi connectivity index (χ0) is 9.26. The Balaban J connectivity index is 2.09. The van der Waals surface area contributed by atoms with Gasteiger partial charge in [0.15, 0.2) is 0 Å². The van der Waals surface area contributed by atoms with Crippen molar-refractivity contribution in [1.82, 2.24) is 9.97 Å². The number of nitrogens with zero attached hydrogens (tertiary/aromatic N) is 3. The van der Waals surface area contributed by atoms with E-state index >= 15 is 0 Å². The van der Waals surface area contributed by atoms with Gasteiger partial charge in [0.05, 0.1) is 12.1 Å². The molecular weight excluding hydrogens is 166 g/mol. The summed E-state index contributed by atoms with van der Waals surface area (Å²) in [6.45, 7) is 0. The number of aromatic nitrogens is 2. The predicted octanol–water partition coefficient (Wildman–Crippen LogP) is 0.436. The van der Waals surface area contributed by atoms with Crippen LogP contribution in [0.25, 0.3) is 0 Å². The Morgan fingerprint density at radius 3 is 2.54 bits per heavy atom. The number of anilines is 1. The number of rotatable bonds is 2. The second-order valence-electron chi connectivity index (χ2n) is 3.37. The van der Waals surface area contributed by atoms with Crippen molar-refractivity contribution >= 4 is 5.95 Å². The van der Waals surface area contributed by atoms with Gasteiger partial charge >= 0.3 is 0 Å². The maximum Gasteiger partial charge on any atom is 0.225 e. The van der Waals surface area contributed by atoms with E-state index in [1.165, 1.54) is 0 Å². The number of aliphatic hydroxyl groups excluding tert-OH is 1. The highest BCUT2D eigenvalue weighted by molar-refractivity contribution is 5.30. The van der Waals surface area contributed by atoms with Gasteiger partial charge in [0.1, 0.15) is 0 Å². The molecule has 70 valence electrons. The Morgan fingerprint density at radius 2 is 2.08 bits per heavy atom. The normalized spacial score (nSPS) is 26.6. The van der Waals surface area contributed by atoms with E-state index in [1.807, 2.05) is 11.9 Å². The van der Waals surface area contributed by atoms with Crippen molar-refractivity contribution in [2.75, 3.05) is 11.9 Å². The second-order valence-corrected chi connectivity index (χ2v) is 3.37. The SMILES string of the molecule is CN(c1ncccn1)C1CCC1O. The summed E-state index contributed by atoms with van der Waals surface area (Å²) >= 11 is 0. The average Bonchev–Trinajstić information content (AvgIpc) is 2.17. The molecule has 1 aromatic rings. The molecule has 1 fully saturated rings. The van der Waals surface area contributed by atoms with Crippen molar-refractivity contribution < 1.29 is 5.11 Å². The molecule has 1 heterocycles. The van der Waals surface area contributed by atoms with Crippen LogP contribution in [-0.4, -0.2) is 34.3 Å². The molecule has 2 rings (SSSR count). The van der Waals surface area contributed by atoms with Gasteiger partial charge in [0, 0.05) is 19.4 Å². The first-order valence-electron chi connectivity index (χ1n) is 4.47. The summed E-state index contributed by atoms with van der Waals surface area (Å²) in [7, 11) is 1.92. The Bertz CT molecular complexity index is 277. The molecule has 1 aliphatic rings. The molecule has 2 unspecified atom stereocenters. The van der Waals surface area contributed by atoms with E-state index in [4.69, 9.17) is 0 Å². The largest absolute Gasteiger partial charge is 0.391 e. The van der Waals surface area contributed by atoms with Crippen LogP contribution in [-0.2, 0) is 0 Å². The lowest BCUT2D eigenvalue weighted by Crippen LogP contribution is -2.49. The van der Waals surface area contributed by atoms with Crippen LogP contribution in [0.15, 0.2) is 18.5 Å².